The highest BCUT2D eigenvalue weighted by molar-refractivity contribution is 6.00. The molecular formula is C36H36FN9O4. The number of nitrogens with two attached hydrogens (primary N) is 1. The third kappa shape index (κ3) is 5.85. The number of nitrogens with zero attached hydrogens (tertiary/aromatic N) is 8. The number of esters is 1. The van der Waals surface area contributed by atoms with Crippen molar-refractivity contribution in [1.29, 1.82) is 0 Å². The van der Waals surface area contributed by atoms with Crippen LogP contribution in [-0.4, -0.2) is 90.2 Å². The molecule has 1 saturated carbocycles. The summed E-state index contributed by atoms with van der Waals surface area (Å²) in [7, 11) is 2.87. The lowest BCUT2D eigenvalue weighted by molar-refractivity contribution is 0.0591. The molecule has 2 atom stereocenters. The maximum Gasteiger partial charge on any atom is 0.356 e. The quantitative estimate of drug-likeness (QED) is 0.220. The molecular weight excluding hydrogens is 641 g/mol. The van der Waals surface area contributed by atoms with Crippen LogP contribution in [0.15, 0.2) is 67.1 Å². The topological polar surface area (TPSA) is 148 Å². The normalized spacial score (nSPS) is 17.8. The SMILES string of the molecule is COC(=O)c1cccc(-n2cc(Cn3c(-c4cc5cccnc5n4CC4CC4)nc4cc(C(=O)N5C[C@H](N)C[C@@H](F)C5)cc(OC)c43)cn2)n1. The zero-order chi connectivity index (χ0) is 34.5. The zero-order valence-corrected chi connectivity index (χ0v) is 27.7. The fraction of sp³-hybridized carbons (Fsp3) is 0.333. The van der Waals surface area contributed by atoms with Gasteiger partial charge in [-0.2, -0.15) is 5.10 Å². The Morgan fingerprint density at radius 3 is 2.68 bits per heavy atom. The minimum Gasteiger partial charge on any atom is -0.494 e. The first kappa shape index (κ1) is 31.6. The number of benzene rings is 1. The molecule has 2 aliphatic rings. The number of imidazole rings is 1. The van der Waals surface area contributed by atoms with E-state index in [4.69, 9.17) is 25.2 Å². The number of carbonyl (C=O) groups excluding carboxylic acids is 2. The van der Waals surface area contributed by atoms with Crippen LogP contribution in [-0.2, 0) is 17.8 Å². The summed E-state index contributed by atoms with van der Waals surface area (Å²) in [6, 6.07) is 14.1. The number of halogens is 1. The molecule has 0 unspecified atom stereocenters. The lowest BCUT2D eigenvalue weighted by atomic mass is 10.0. The van der Waals surface area contributed by atoms with Crippen molar-refractivity contribution >= 4 is 33.9 Å². The summed E-state index contributed by atoms with van der Waals surface area (Å²) in [4.78, 5) is 41.6. The number of rotatable bonds is 9. The van der Waals surface area contributed by atoms with Crippen LogP contribution in [0, 0.1) is 5.92 Å². The van der Waals surface area contributed by atoms with E-state index in [1.54, 1.807) is 54.5 Å². The molecule has 14 heteroatoms. The largest absolute Gasteiger partial charge is 0.494 e. The average Bonchev–Trinajstić information content (AvgIpc) is 3.53. The van der Waals surface area contributed by atoms with Gasteiger partial charge in [-0.15, -0.1) is 0 Å². The van der Waals surface area contributed by atoms with Gasteiger partial charge in [0.05, 0.1) is 44.7 Å². The van der Waals surface area contributed by atoms with Gasteiger partial charge in [0.15, 0.2) is 17.3 Å². The van der Waals surface area contributed by atoms with Crippen molar-refractivity contribution in [2.24, 2.45) is 11.7 Å². The lowest BCUT2D eigenvalue weighted by Gasteiger charge is -2.33. The van der Waals surface area contributed by atoms with Gasteiger partial charge in [0.1, 0.15) is 23.1 Å². The van der Waals surface area contributed by atoms with E-state index in [0.29, 0.717) is 46.5 Å². The number of ether oxygens (including phenoxy) is 2. The van der Waals surface area contributed by atoms with Crippen LogP contribution in [0.1, 0.15) is 45.7 Å². The number of hydrogen-bond acceptors (Lipinski definition) is 9. The summed E-state index contributed by atoms with van der Waals surface area (Å²) in [6.45, 7) is 1.41. The van der Waals surface area contributed by atoms with Gasteiger partial charge in [0.2, 0.25) is 0 Å². The molecule has 1 aliphatic heterocycles. The Bertz CT molecular complexity index is 2240. The van der Waals surface area contributed by atoms with Crippen LogP contribution in [0.5, 0.6) is 5.75 Å². The summed E-state index contributed by atoms with van der Waals surface area (Å²) in [5.41, 5.74) is 10.4. The number of aromatic nitrogens is 7. The molecule has 1 aromatic carbocycles. The van der Waals surface area contributed by atoms with Gasteiger partial charge in [-0.25, -0.2) is 28.8 Å². The number of carbonyl (C=O) groups is 2. The standard InChI is InChI=1S/C36H36FN9O4/c1-49-30-13-24(35(47)43-19-25(37)14-26(38)20-43)11-28-32(30)45(17-22-15-40-46(18-22)31-7-3-6-27(41-31)36(48)50-2)34(42-28)29-12-23-5-4-10-39-33(23)44(29)16-21-8-9-21/h3-7,10-13,15,18,21,25-26H,8-9,14,16-17,19-20,38H2,1-2H3/t25-,26-/m1/s1. The van der Waals surface area contributed by atoms with Crippen molar-refractivity contribution in [2.75, 3.05) is 27.3 Å². The molecule has 0 bridgehead atoms. The molecule has 0 radical (unpaired) electrons. The van der Waals surface area contributed by atoms with Crippen LogP contribution in [0.3, 0.4) is 0 Å². The predicted octanol–water partition coefficient (Wildman–Crippen LogP) is 4.40. The Balaban J connectivity index is 1.26. The second kappa shape index (κ2) is 12.7. The fourth-order valence-corrected chi connectivity index (χ4v) is 6.82. The number of pyridine rings is 2. The van der Waals surface area contributed by atoms with Crippen LogP contribution in [0.2, 0.25) is 0 Å². The minimum atomic E-state index is -1.18. The first-order valence-corrected chi connectivity index (χ1v) is 16.6. The number of amides is 1. The van der Waals surface area contributed by atoms with E-state index < -0.39 is 18.2 Å². The summed E-state index contributed by atoms with van der Waals surface area (Å²) < 4.78 is 31.1. The third-order valence-corrected chi connectivity index (χ3v) is 9.36. The van der Waals surface area contributed by atoms with Gasteiger partial charge >= 0.3 is 5.97 Å². The molecule has 2 N–H and O–H groups in total. The monoisotopic (exact) mass is 677 g/mol. The number of methoxy groups -OCH3 is 2. The predicted molar refractivity (Wildman–Crippen MR) is 183 cm³/mol. The van der Waals surface area contributed by atoms with Gasteiger partial charge in [0.25, 0.3) is 5.91 Å². The maximum absolute atomic E-state index is 14.5. The highest BCUT2D eigenvalue weighted by Crippen LogP contribution is 2.38. The number of likely N-dealkylation sites (tertiary alicyclic amines) is 1. The Labute approximate surface area is 286 Å². The molecule has 1 aliphatic carbocycles. The van der Waals surface area contributed by atoms with Crippen molar-refractivity contribution in [3.8, 4) is 23.1 Å². The number of hydrogen-bond donors (Lipinski definition) is 1. The van der Waals surface area contributed by atoms with E-state index >= 15 is 0 Å². The van der Waals surface area contributed by atoms with Gasteiger partial charge in [-0.3, -0.25) is 4.79 Å². The molecule has 256 valence electrons. The number of fused-ring (bicyclic) bond motifs is 2. The Kier molecular flexibility index (Phi) is 8.02. The molecule has 50 heavy (non-hydrogen) atoms. The first-order chi connectivity index (χ1) is 24.3. The van der Waals surface area contributed by atoms with E-state index in [0.717, 1.165) is 41.7 Å². The van der Waals surface area contributed by atoms with Crippen molar-refractivity contribution in [2.45, 2.75) is 44.6 Å². The Morgan fingerprint density at radius 2 is 1.90 bits per heavy atom. The van der Waals surface area contributed by atoms with Gasteiger partial charge in [-0.1, -0.05) is 6.07 Å². The second-order valence-electron chi connectivity index (χ2n) is 13.0. The van der Waals surface area contributed by atoms with E-state index in [1.807, 2.05) is 18.3 Å². The highest BCUT2D eigenvalue weighted by atomic mass is 19.1. The second-order valence-corrected chi connectivity index (χ2v) is 13.0. The molecule has 0 spiro atoms. The van der Waals surface area contributed by atoms with Crippen LogP contribution in [0.4, 0.5) is 4.39 Å². The van der Waals surface area contributed by atoms with Crippen LogP contribution < -0.4 is 10.5 Å². The minimum absolute atomic E-state index is 0.0117. The van der Waals surface area contributed by atoms with Crippen LogP contribution >= 0.6 is 0 Å². The highest BCUT2D eigenvalue weighted by Gasteiger charge is 2.31. The molecule has 6 heterocycles. The summed E-state index contributed by atoms with van der Waals surface area (Å²) in [5.74, 6) is 1.27. The van der Waals surface area contributed by atoms with Gasteiger partial charge in [-0.05, 0) is 67.6 Å². The molecule has 8 rings (SSSR count). The zero-order valence-electron chi connectivity index (χ0n) is 27.7. The molecule has 1 amide bonds. The van der Waals surface area contributed by atoms with Gasteiger partial charge in [0, 0.05) is 48.0 Å². The van der Waals surface area contributed by atoms with Crippen molar-refractivity contribution in [3.63, 3.8) is 0 Å². The first-order valence-electron chi connectivity index (χ1n) is 16.6. The number of piperidine rings is 1. The third-order valence-electron chi connectivity index (χ3n) is 9.36. The van der Waals surface area contributed by atoms with Crippen molar-refractivity contribution < 1.29 is 23.5 Å². The molecule has 2 fully saturated rings. The number of alkyl halides is 1. The van der Waals surface area contributed by atoms with E-state index in [1.165, 1.54) is 12.0 Å². The average molecular weight is 678 g/mol. The van der Waals surface area contributed by atoms with Crippen LogP contribution in [0.25, 0.3) is 39.4 Å². The molecule has 1 saturated heterocycles. The fourth-order valence-electron chi connectivity index (χ4n) is 6.82. The smallest absolute Gasteiger partial charge is 0.356 e. The lowest BCUT2D eigenvalue weighted by Crippen LogP contribution is -2.50. The summed E-state index contributed by atoms with van der Waals surface area (Å²) in [5, 5.41) is 5.55. The van der Waals surface area contributed by atoms with E-state index in [2.05, 4.69) is 25.3 Å². The van der Waals surface area contributed by atoms with E-state index in [9.17, 15) is 14.0 Å². The van der Waals surface area contributed by atoms with Crippen molar-refractivity contribution in [1.82, 2.24) is 38.8 Å². The summed E-state index contributed by atoms with van der Waals surface area (Å²) in [6.07, 6.45) is 6.74. The van der Waals surface area contributed by atoms with E-state index in [-0.39, 0.29) is 31.1 Å². The Morgan fingerprint density at radius 1 is 1.04 bits per heavy atom. The summed E-state index contributed by atoms with van der Waals surface area (Å²) >= 11 is 0. The maximum atomic E-state index is 14.5. The Hall–Kier alpha value is -5.63. The van der Waals surface area contributed by atoms with Crippen molar-refractivity contribution in [3.05, 3.63) is 83.9 Å². The van der Waals surface area contributed by atoms with Gasteiger partial charge < -0.3 is 29.2 Å². The molecule has 5 aromatic heterocycles. The molecule has 13 nitrogen and oxygen atoms in total. The molecule has 6 aromatic rings.